The molecular formula is C20H27N3O5. The smallest absolute Gasteiger partial charge is 0.325 e. The molecule has 0 bridgehead atoms. The summed E-state index contributed by atoms with van der Waals surface area (Å²) in [7, 11) is 1.56. The van der Waals surface area contributed by atoms with Gasteiger partial charge in [0.1, 0.15) is 17.8 Å². The van der Waals surface area contributed by atoms with Gasteiger partial charge < -0.3 is 19.7 Å². The van der Waals surface area contributed by atoms with E-state index >= 15 is 0 Å². The van der Waals surface area contributed by atoms with Crippen LogP contribution in [-0.2, 0) is 20.7 Å². The average molecular weight is 389 g/mol. The van der Waals surface area contributed by atoms with Crippen LogP contribution < -0.4 is 10.1 Å². The number of ether oxygens (including phenoxy) is 2. The number of benzene rings is 1. The van der Waals surface area contributed by atoms with Gasteiger partial charge in [0.2, 0.25) is 5.91 Å². The number of nitrogens with zero attached hydrogens (tertiary/aromatic N) is 2. The first kappa shape index (κ1) is 20.1. The fourth-order valence-corrected chi connectivity index (χ4v) is 3.86. The largest absolute Gasteiger partial charge is 0.496 e. The van der Waals surface area contributed by atoms with E-state index in [1.54, 1.807) is 18.9 Å². The van der Waals surface area contributed by atoms with Crippen LogP contribution in [0.15, 0.2) is 24.3 Å². The SMILES string of the molecule is COc1ccccc1C[C@@]1(C)NC(=O)N(CC(=O)N2C[C@H](C)O[C@@H](C)C2)C1=O. The van der Waals surface area contributed by atoms with Crippen molar-refractivity contribution in [1.82, 2.24) is 15.1 Å². The van der Waals surface area contributed by atoms with E-state index in [9.17, 15) is 14.4 Å². The molecule has 2 aliphatic rings. The molecule has 0 radical (unpaired) electrons. The number of urea groups is 1. The van der Waals surface area contributed by atoms with Gasteiger partial charge in [0, 0.05) is 19.5 Å². The minimum Gasteiger partial charge on any atom is -0.496 e. The van der Waals surface area contributed by atoms with E-state index < -0.39 is 17.5 Å². The van der Waals surface area contributed by atoms with Crippen LogP contribution in [0.3, 0.4) is 0 Å². The van der Waals surface area contributed by atoms with Gasteiger partial charge in [0.15, 0.2) is 0 Å². The van der Waals surface area contributed by atoms with E-state index in [1.165, 1.54) is 0 Å². The molecule has 0 aliphatic carbocycles. The first-order valence-electron chi connectivity index (χ1n) is 9.42. The van der Waals surface area contributed by atoms with E-state index in [0.717, 1.165) is 10.5 Å². The third kappa shape index (κ3) is 3.96. The Morgan fingerprint density at radius 1 is 1.25 bits per heavy atom. The molecule has 0 saturated carbocycles. The van der Waals surface area contributed by atoms with Crippen molar-refractivity contribution in [2.45, 2.75) is 44.9 Å². The molecule has 28 heavy (non-hydrogen) atoms. The van der Waals surface area contributed by atoms with Crippen LogP contribution in [0.1, 0.15) is 26.3 Å². The lowest BCUT2D eigenvalue weighted by Crippen LogP contribution is -2.52. The van der Waals surface area contributed by atoms with Crippen molar-refractivity contribution >= 4 is 17.8 Å². The molecule has 0 spiro atoms. The summed E-state index contributed by atoms with van der Waals surface area (Å²) in [5.41, 5.74) is -0.317. The summed E-state index contributed by atoms with van der Waals surface area (Å²) < 4.78 is 11.0. The minimum absolute atomic E-state index is 0.0772. The number of para-hydroxylation sites is 1. The molecule has 2 heterocycles. The van der Waals surface area contributed by atoms with Crippen molar-refractivity contribution in [1.29, 1.82) is 0 Å². The first-order valence-corrected chi connectivity index (χ1v) is 9.42. The molecule has 1 N–H and O–H groups in total. The van der Waals surface area contributed by atoms with Gasteiger partial charge in [-0.3, -0.25) is 14.5 Å². The maximum absolute atomic E-state index is 13.0. The number of carbonyl (C=O) groups is 3. The van der Waals surface area contributed by atoms with E-state index in [2.05, 4.69) is 5.32 Å². The summed E-state index contributed by atoms with van der Waals surface area (Å²) in [6.07, 6.45) is 0.121. The second-order valence-electron chi connectivity index (χ2n) is 7.70. The van der Waals surface area contributed by atoms with E-state index in [0.29, 0.717) is 18.8 Å². The fourth-order valence-electron chi connectivity index (χ4n) is 3.86. The number of methoxy groups -OCH3 is 1. The number of nitrogens with one attached hydrogen (secondary N) is 1. The Morgan fingerprint density at radius 3 is 2.54 bits per heavy atom. The third-order valence-electron chi connectivity index (χ3n) is 5.15. The van der Waals surface area contributed by atoms with Crippen LogP contribution in [-0.4, -0.2) is 72.1 Å². The quantitative estimate of drug-likeness (QED) is 0.764. The summed E-state index contributed by atoms with van der Waals surface area (Å²) in [6.45, 7) is 6.09. The van der Waals surface area contributed by atoms with Gasteiger partial charge in [-0.1, -0.05) is 18.2 Å². The Kier molecular flexibility index (Phi) is 5.60. The molecule has 2 fully saturated rings. The Morgan fingerprint density at radius 2 is 1.89 bits per heavy atom. The van der Waals surface area contributed by atoms with E-state index in [1.807, 2.05) is 38.1 Å². The average Bonchev–Trinajstić information content (AvgIpc) is 2.84. The Balaban J connectivity index is 1.71. The maximum Gasteiger partial charge on any atom is 0.325 e. The number of amides is 4. The highest BCUT2D eigenvalue weighted by Crippen LogP contribution is 2.27. The van der Waals surface area contributed by atoms with Crippen LogP contribution in [0, 0.1) is 0 Å². The van der Waals surface area contributed by atoms with Gasteiger partial charge in [-0.05, 0) is 32.4 Å². The lowest BCUT2D eigenvalue weighted by atomic mass is 9.92. The second kappa shape index (κ2) is 7.79. The van der Waals surface area contributed by atoms with Gasteiger partial charge in [-0.25, -0.2) is 4.79 Å². The fraction of sp³-hybridized carbons (Fsp3) is 0.550. The first-order chi connectivity index (χ1) is 13.2. The zero-order valence-electron chi connectivity index (χ0n) is 16.7. The predicted octanol–water partition coefficient (Wildman–Crippen LogP) is 1.18. The minimum atomic E-state index is -1.13. The number of morpholine rings is 1. The zero-order chi connectivity index (χ0) is 20.5. The van der Waals surface area contributed by atoms with Crippen molar-refractivity contribution in [3.8, 4) is 5.75 Å². The Hall–Kier alpha value is -2.61. The molecule has 0 unspecified atom stereocenters. The van der Waals surface area contributed by atoms with Gasteiger partial charge >= 0.3 is 6.03 Å². The molecule has 3 atom stereocenters. The van der Waals surface area contributed by atoms with Crippen LogP contribution in [0.4, 0.5) is 4.79 Å². The molecule has 152 valence electrons. The van der Waals surface area contributed by atoms with Crippen LogP contribution in [0.5, 0.6) is 5.75 Å². The zero-order valence-corrected chi connectivity index (χ0v) is 16.7. The second-order valence-corrected chi connectivity index (χ2v) is 7.70. The summed E-state index contributed by atoms with van der Waals surface area (Å²) in [4.78, 5) is 40.8. The highest BCUT2D eigenvalue weighted by atomic mass is 16.5. The summed E-state index contributed by atoms with van der Waals surface area (Å²) in [6, 6.07) is 6.81. The lowest BCUT2D eigenvalue weighted by molar-refractivity contribution is -0.146. The molecule has 3 rings (SSSR count). The van der Waals surface area contributed by atoms with Crippen molar-refractivity contribution < 1.29 is 23.9 Å². The number of hydrogen-bond acceptors (Lipinski definition) is 5. The molecule has 2 aliphatic heterocycles. The predicted molar refractivity (Wildman–Crippen MR) is 102 cm³/mol. The molecular weight excluding hydrogens is 362 g/mol. The molecule has 2 saturated heterocycles. The number of hydrogen-bond donors (Lipinski definition) is 1. The third-order valence-corrected chi connectivity index (χ3v) is 5.15. The van der Waals surface area contributed by atoms with Gasteiger partial charge in [0.25, 0.3) is 5.91 Å². The molecule has 8 heteroatoms. The molecule has 1 aromatic carbocycles. The number of carbonyl (C=O) groups excluding carboxylic acids is 3. The van der Waals surface area contributed by atoms with Crippen molar-refractivity contribution in [3.63, 3.8) is 0 Å². The normalized spacial score (nSPS) is 27.7. The van der Waals surface area contributed by atoms with Crippen molar-refractivity contribution in [2.75, 3.05) is 26.7 Å². The topological polar surface area (TPSA) is 88.2 Å². The summed E-state index contributed by atoms with van der Waals surface area (Å²) >= 11 is 0. The highest BCUT2D eigenvalue weighted by Gasteiger charge is 2.49. The maximum atomic E-state index is 13.0. The summed E-state index contributed by atoms with van der Waals surface area (Å²) in [5.74, 6) is -0.0188. The number of imide groups is 1. The van der Waals surface area contributed by atoms with E-state index in [-0.39, 0.29) is 31.1 Å². The Labute approximate surface area is 164 Å². The van der Waals surface area contributed by atoms with Gasteiger partial charge in [-0.15, -0.1) is 0 Å². The van der Waals surface area contributed by atoms with Crippen molar-refractivity contribution in [3.05, 3.63) is 29.8 Å². The van der Waals surface area contributed by atoms with Gasteiger partial charge in [0.05, 0.1) is 19.3 Å². The Bertz CT molecular complexity index is 773. The van der Waals surface area contributed by atoms with Crippen molar-refractivity contribution in [2.24, 2.45) is 0 Å². The van der Waals surface area contributed by atoms with Gasteiger partial charge in [-0.2, -0.15) is 0 Å². The van der Waals surface area contributed by atoms with Crippen LogP contribution >= 0.6 is 0 Å². The van der Waals surface area contributed by atoms with E-state index in [4.69, 9.17) is 9.47 Å². The molecule has 0 aromatic heterocycles. The molecule has 8 nitrogen and oxygen atoms in total. The lowest BCUT2D eigenvalue weighted by Gasteiger charge is -2.35. The monoisotopic (exact) mass is 389 g/mol. The molecule has 4 amide bonds. The van der Waals surface area contributed by atoms with Crippen LogP contribution in [0.25, 0.3) is 0 Å². The standard InChI is InChI=1S/C20H27N3O5/c1-13-10-22(11-14(2)28-13)17(24)12-23-18(25)20(3,21-19(23)26)9-15-7-5-6-8-16(15)27-4/h5-8,13-14H,9-12H2,1-4H3,(H,21,26)/t13-,14-,20+/m0/s1. The van der Waals surface area contributed by atoms with Crippen LogP contribution in [0.2, 0.25) is 0 Å². The molecule has 1 aromatic rings. The highest BCUT2D eigenvalue weighted by molar-refractivity contribution is 6.09. The number of rotatable bonds is 5. The summed E-state index contributed by atoms with van der Waals surface area (Å²) in [5, 5.41) is 2.74.